The van der Waals surface area contributed by atoms with Gasteiger partial charge in [0.1, 0.15) is 0 Å². The number of nitrogens with one attached hydrogen (secondary N) is 1. The zero-order valence-electron chi connectivity index (χ0n) is 20.5. The van der Waals surface area contributed by atoms with Gasteiger partial charge in [0, 0.05) is 47.0 Å². The number of aromatic nitrogens is 1. The number of carbonyl (C=O) groups is 2. The zero-order valence-corrected chi connectivity index (χ0v) is 20.5. The summed E-state index contributed by atoms with van der Waals surface area (Å²) in [6, 6.07) is 17.2. The minimum atomic E-state index is -0.419. The number of benzene rings is 2. The van der Waals surface area contributed by atoms with E-state index in [0.29, 0.717) is 16.7 Å². The Morgan fingerprint density at radius 1 is 0.971 bits per heavy atom. The summed E-state index contributed by atoms with van der Waals surface area (Å²) in [7, 11) is 0. The van der Waals surface area contributed by atoms with Gasteiger partial charge in [0.05, 0.1) is 18.4 Å². The summed E-state index contributed by atoms with van der Waals surface area (Å²) in [5.74, 6) is -0.741. The number of hydrogen-bond acceptors (Lipinski definition) is 5. The number of ether oxygens (including phenoxy) is 1. The quantitative estimate of drug-likeness (QED) is 0.281. The standard InChI is InChI=1S/C27H32N4O3/c1-6-30(7-2)22-16-14-21(15-17-22)26(32)29-28-18-24-19(4)31(23-12-10-9-11-13-23)20(5)25(24)27(33)34-8-3/h9-18H,6-8H2,1-5H3,(H,29,32). The predicted molar refractivity (Wildman–Crippen MR) is 136 cm³/mol. The summed E-state index contributed by atoms with van der Waals surface area (Å²) in [6.07, 6.45) is 1.51. The molecule has 1 heterocycles. The predicted octanol–water partition coefficient (Wildman–Crippen LogP) is 4.88. The first-order valence-corrected chi connectivity index (χ1v) is 11.6. The smallest absolute Gasteiger partial charge is 0.340 e. The van der Waals surface area contributed by atoms with Crippen LogP contribution in [0.5, 0.6) is 0 Å². The maximum atomic E-state index is 12.7. The second kappa shape index (κ2) is 11.3. The molecule has 1 aromatic heterocycles. The average Bonchev–Trinajstić information content (AvgIpc) is 3.10. The molecule has 0 atom stereocenters. The summed E-state index contributed by atoms with van der Waals surface area (Å²) in [6.45, 7) is 11.8. The van der Waals surface area contributed by atoms with Crippen LogP contribution in [-0.4, -0.2) is 42.4 Å². The summed E-state index contributed by atoms with van der Waals surface area (Å²) < 4.78 is 7.28. The molecule has 0 unspecified atom stereocenters. The monoisotopic (exact) mass is 460 g/mol. The lowest BCUT2D eigenvalue weighted by Gasteiger charge is -2.20. The van der Waals surface area contributed by atoms with Crippen molar-refractivity contribution >= 4 is 23.8 Å². The van der Waals surface area contributed by atoms with Crippen LogP contribution in [0.3, 0.4) is 0 Å². The van der Waals surface area contributed by atoms with Gasteiger partial charge in [-0.2, -0.15) is 5.10 Å². The minimum absolute atomic E-state index is 0.268. The second-order valence-electron chi connectivity index (χ2n) is 7.77. The fourth-order valence-electron chi connectivity index (χ4n) is 4.08. The number of hydrogen-bond donors (Lipinski definition) is 1. The lowest BCUT2D eigenvalue weighted by molar-refractivity contribution is 0.0525. The van der Waals surface area contributed by atoms with Gasteiger partial charge in [0.2, 0.25) is 0 Å². The largest absolute Gasteiger partial charge is 0.462 e. The fraction of sp³-hybridized carbons (Fsp3) is 0.296. The van der Waals surface area contributed by atoms with Gasteiger partial charge in [-0.3, -0.25) is 4.79 Å². The van der Waals surface area contributed by atoms with Gasteiger partial charge in [0.15, 0.2) is 0 Å². The van der Waals surface area contributed by atoms with Crippen molar-refractivity contribution in [2.24, 2.45) is 5.10 Å². The Labute approximate surface area is 201 Å². The number of amides is 1. The van der Waals surface area contributed by atoms with E-state index in [1.807, 2.05) is 60.9 Å². The van der Waals surface area contributed by atoms with Gasteiger partial charge in [0.25, 0.3) is 5.91 Å². The molecule has 2 aromatic carbocycles. The summed E-state index contributed by atoms with van der Waals surface area (Å²) in [5.41, 5.74) is 7.70. The Balaban J connectivity index is 1.87. The molecule has 1 amide bonds. The van der Waals surface area contributed by atoms with E-state index in [4.69, 9.17) is 4.74 Å². The van der Waals surface area contributed by atoms with E-state index < -0.39 is 5.97 Å². The van der Waals surface area contributed by atoms with Gasteiger partial charge in [-0.15, -0.1) is 0 Å². The Hall–Kier alpha value is -3.87. The first-order chi connectivity index (χ1) is 16.4. The number of esters is 1. The molecule has 178 valence electrons. The van der Waals surface area contributed by atoms with Crippen molar-refractivity contribution in [3.05, 3.63) is 82.7 Å². The number of carbonyl (C=O) groups excluding carboxylic acids is 2. The zero-order chi connectivity index (χ0) is 24.7. The van der Waals surface area contributed by atoms with Crippen molar-refractivity contribution in [3.63, 3.8) is 0 Å². The van der Waals surface area contributed by atoms with E-state index in [0.717, 1.165) is 35.9 Å². The molecule has 0 fully saturated rings. The first kappa shape index (κ1) is 24.8. The molecule has 3 aromatic rings. The van der Waals surface area contributed by atoms with Crippen molar-refractivity contribution in [1.29, 1.82) is 0 Å². The van der Waals surface area contributed by atoms with E-state index in [2.05, 4.69) is 29.3 Å². The van der Waals surface area contributed by atoms with Crippen LogP contribution < -0.4 is 10.3 Å². The number of rotatable bonds is 9. The van der Waals surface area contributed by atoms with Crippen LogP contribution in [0.2, 0.25) is 0 Å². The minimum Gasteiger partial charge on any atom is -0.462 e. The molecule has 0 aliphatic carbocycles. The normalized spacial score (nSPS) is 11.0. The molecule has 0 saturated carbocycles. The third-order valence-corrected chi connectivity index (χ3v) is 5.80. The topological polar surface area (TPSA) is 75.9 Å². The fourth-order valence-corrected chi connectivity index (χ4v) is 4.08. The van der Waals surface area contributed by atoms with E-state index in [9.17, 15) is 9.59 Å². The number of anilines is 1. The molecule has 0 aliphatic rings. The highest BCUT2D eigenvalue weighted by molar-refractivity contribution is 6.02. The van der Waals surface area contributed by atoms with Crippen molar-refractivity contribution < 1.29 is 14.3 Å². The molecule has 7 nitrogen and oxygen atoms in total. The lowest BCUT2D eigenvalue weighted by Crippen LogP contribution is -2.22. The summed E-state index contributed by atoms with van der Waals surface area (Å²) >= 11 is 0. The van der Waals surface area contributed by atoms with Gasteiger partial charge in [-0.25, -0.2) is 10.2 Å². The lowest BCUT2D eigenvalue weighted by atomic mass is 10.1. The van der Waals surface area contributed by atoms with Crippen LogP contribution >= 0.6 is 0 Å². The SMILES string of the molecule is CCOC(=O)c1c(C=NNC(=O)c2ccc(N(CC)CC)cc2)c(C)n(-c2ccccc2)c1C. The van der Waals surface area contributed by atoms with E-state index in [1.54, 1.807) is 19.1 Å². The van der Waals surface area contributed by atoms with Crippen molar-refractivity contribution in [3.8, 4) is 5.69 Å². The highest BCUT2D eigenvalue weighted by Gasteiger charge is 2.24. The molecule has 34 heavy (non-hydrogen) atoms. The maximum Gasteiger partial charge on any atom is 0.340 e. The van der Waals surface area contributed by atoms with E-state index >= 15 is 0 Å². The maximum absolute atomic E-state index is 12.7. The molecular formula is C27H32N4O3. The Bertz CT molecular complexity index is 1160. The Morgan fingerprint density at radius 3 is 2.21 bits per heavy atom. The van der Waals surface area contributed by atoms with E-state index in [1.165, 1.54) is 6.21 Å². The number of nitrogens with zero attached hydrogens (tertiary/aromatic N) is 3. The third kappa shape index (κ3) is 5.20. The molecule has 0 aliphatic heterocycles. The molecule has 0 saturated heterocycles. The van der Waals surface area contributed by atoms with Gasteiger partial charge in [-0.05, 0) is 71.0 Å². The molecule has 0 spiro atoms. The second-order valence-corrected chi connectivity index (χ2v) is 7.77. The van der Waals surface area contributed by atoms with E-state index in [-0.39, 0.29) is 12.5 Å². The summed E-state index contributed by atoms with van der Waals surface area (Å²) in [4.78, 5) is 27.6. The molecule has 7 heteroatoms. The van der Waals surface area contributed by atoms with Crippen molar-refractivity contribution in [2.75, 3.05) is 24.6 Å². The van der Waals surface area contributed by atoms with Crippen LogP contribution in [-0.2, 0) is 4.74 Å². The van der Waals surface area contributed by atoms with Gasteiger partial charge >= 0.3 is 5.97 Å². The van der Waals surface area contributed by atoms with Gasteiger partial charge in [-0.1, -0.05) is 18.2 Å². The van der Waals surface area contributed by atoms with Gasteiger partial charge < -0.3 is 14.2 Å². The first-order valence-electron chi connectivity index (χ1n) is 11.6. The molecular weight excluding hydrogens is 428 g/mol. The highest BCUT2D eigenvalue weighted by Crippen LogP contribution is 2.26. The Morgan fingerprint density at radius 2 is 1.62 bits per heavy atom. The molecule has 3 rings (SSSR count). The Kier molecular flexibility index (Phi) is 8.24. The number of hydrazone groups is 1. The summed E-state index contributed by atoms with van der Waals surface area (Å²) in [5, 5.41) is 4.16. The van der Waals surface area contributed by atoms with Crippen LogP contribution in [0.4, 0.5) is 5.69 Å². The van der Waals surface area contributed by atoms with Crippen LogP contribution in [0, 0.1) is 13.8 Å². The molecule has 0 bridgehead atoms. The highest BCUT2D eigenvalue weighted by atomic mass is 16.5. The number of para-hydroxylation sites is 1. The van der Waals surface area contributed by atoms with Crippen molar-refractivity contribution in [1.82, 2.24) is 9.99 Å². The van der Waals surface area contributed by atoms with Crippen LogP contribution in [0.25, 0.3) is 5.69 Å². The van der Waals surface area contributed by atoms with Crippen molar-refractivity contribution in [2.45, 2.75) is 34.6 Å². The molecule has 1 N–H and O–H groups in total. The third-order valence-electron chi connectivity index (χ3n) is 5.80. The average molecular weight is 461 g/mol. The van der Waals surface area contributed by atoms with Crippen LogP contribution in [0.1, 0.15) is 58.4 Å². The molecule has 0 radical (unpaired) electrons. The van der Waals surface area contributed by atoms with Crippen LogP contribution in [0.15, 0.2) is 59.7 Å².